The Morgan fingerprint density at radius 1 is 0.723 bits per heavy atom. The number of nitrogens with zero attached hydrogens (tertiary/aromatic N) is 1. The van der Waals surface area contributed by atoms with Gasteiger partial charge in [-0.25, -0.2) is 9.18 Å². The highest BCUT2D eigenvalue weighted by Gasteiger charge is 2.29. The maximum Gasteiger partial charge on any atom is 0.335 e. The zero-order chi connectivity index (χ0) is 33.2. The van der Waals surface area contributed by atoms with Crippen molar-refractivity contribution >= 4 is 17.8 Å². The molecule has 1 heterocycles. The van der Waals surface area contributed by atoms with Gasteiger partial charge >= 0.3 is 11.9 Å². The van der Waals surface area contributed by atoms with Crippen LogP contribution in [0.1, 0.15) is 62.2 Å². The SMILES string of the molecule is O=C(O)c1ccc(OCCCc2ccc(OCc3ccc(CCc4ccc(F)cc4)cc3)cc2)c(C(=O)N2CCC(C(=O)O)CC2)c1. The Hall–Kier alpha value is -5.18. The van der Waals surface area contributed by atoms with Crippen LogP contribution in [-0.4, -0.2) is 52.7 Å². The molecule has 0 aliphatic carbocycles. The van der Waals surface area contributed by atoms with Gasteiger partial charge < -0.3 is 24.6 Å². The lowest BCUT2D eigenvalue weighted by Gasteiger charge is -2.30. The minimum Gasteiger partial charge on any atom is -0.493 e. The average molecular weight is 640 g/mol. The first-order chi connectivity index (χ1) is 22.7. The number of carboxylic acid groups (broad SMARTS) is 2. The number of likely N-dealkylation sites (tertiary alicyclic amines) is 1. The average Bonchev–Trinajstić information content (AvgIpc) is 3.09. The molecule has 5 rings (SSSR count). The Balaban J connectivity index is 1.07. The van der Waals surface area contributed by atoms with Crippen molar-refractivity contribution in [2.24, 2.45) is 5.92 Å². The second-order valence-electron chi connectivity index (χ2n) is 11.7. The van der Waals surface area contributed by atoms with Crippen LogP contribution in [0.15, 0.2) is 91.0 Å². The highest BCUT2D eigenvalue weighted by atomic mass is 19.1. The molecule has 9 heteroatoms. The normalized spacial score (nSPS) is 13.3. The molecule has 0 spiro atoms. The van der Waals surface area contributed by atoms with Crippen LogP contribution in [0.5, 0.6) is 11.5 Å². The van der Waals surface area contributed by atoms with Crippen LogP contribution >= 0.6 is 0 Å². The van der Waals surface area contributed by atoms with Crippen molar-refractivity contribution in [3.8, 4) is 11.5 Å². The van der Waals surface area contributed by atoms with Crippen molar-refractivity contribution < 1.29 is 38.5 Å². The molecule has 0 saturated carbocycles. The van der Waals surface area contributed by atoms with Crippen LogP contribution in [0.25, 0.3) is 0 Å². The molecule has 0 radical (unpaired) electrons. The predicted octanol–water partition coefficient (Wildman–Crippen LogP) is 6.84. The predicted molar refractivity (Wildman–Crippen MR) is 175 cm³/mol. The summed E-state index contributed by atoms with van der Waals surface area (Å²) in [6.07, 6.45) is 3.85. The fraction of sp³-hybridized carbons (Fsp3) is 0.289. The van der Waals surface area contributed by atoms with Gasteiger partial charge in [-0.05, 0) is 103 Å². The van der Waals surface area contributed by atoms with Crippen molar-refractivity contribution in [1.82, 2.24) is 4.90 Å². The Morgan fingerprint density at radius 3 is 1.91 bits per heavy atom. The molecule has 244 valence electrons. The van der Waals surface area contributed by atoms with E-state index in [9.17, 15) is 29.0 Å². The fourth-order valence-electron chi connectivity index (χ4n) is 5.58. The largest absolute Gasteiger partial charge is 0.493 e. The maximum atomic E-state index is 13.3. The molecule has 1 aliphatic heterocycles. The van der Waals surface area contributed by atoms with Crippen molar-refractivity contribution in [1.29, 1.82) is 0 Å². The van der Waals surface area contributed by atoms with Crippen molar-refractivity contribution in [3.05, 3.63) is 130 Å². The monoisotopic (exact) mass is 639 g/mol. The minimum atomic E-state index is -1.14. The Bertz CT molecular complexity index is 1660. The van der Waals surface area contributed by atoms with E-state index in [0.29, 0.717) is 51.3 Å². The molecule has 4 aromatic rings. The van der Waals surface area contributed by atoms with Crippen LogP contribution in [0, 0.1) is 11.7 Å². The number of carbonyl (C=O) groups excluding carboxylic acids is 1. The molecule has 0 unspecified atom stereocenters. The number of aryl methyl sites for hydroxylation is 3. The first-order valence-corrected chi connectivity index (χ1v) is 15.8. The second-order valence-corrected chi connectivity index (χ2v) is 11.7. The number of aliphatic carboxylic acids is 1. The smallest absolute Gasteiger partial charge is 0.335 e. The number of aromatic carboxylic acids is 1. The van der Waals surface area contributed by atoms with E-state index < -0.39 is 17.9 Å². The van der Waals surface area contributed by atoms with Gasteiger partial charge in [-0.2, -0.15) is 0 Å². The quantitative estimate of drug-likeness (QED) is 0.145. The number of ether oxygens (including phenoxy) is 2. The summed E-state index contributed by atoms with van der Waals surface area (Å²) in [6, 6.07) is 27.0. The van der Waals surface area contributed by atoms with E-state index >= 15 is 0 Å². The van der Waals surface area contributed by atoms with Crippen molar-refractivity contribution in [3.63, 3.8) is 0 Å². The third-order valence-electron chi connectivity index (χ3n) is 8.42. The summed E-state index contributed by atoms with van der Waals surface area (Å²) in [5, 5.41) is 18.7. The lowest BCUT2D eigenvalue weighted by molar-refractivity contribution is -0.143. The number of benzene rings is 4. The van der Waals surface area contributed by atoms with Crippen LogP contribution in [0.2, 0.25) is 0 Å². The van der Waals surface area contributed by atoms with Gasteiger partial charge in [0.2, 0.25) is 0 Å². The third kappa shape index (κ3) is 9.42. The third-order valence-corrected chi connectivity index (χ3v) is 8.42. The van der Waals surface area contributed by atoms with Gasteiger partial charge in [-0.1, -0.05) is 48.5 Å². The number of carboxylic acids is 2. The van der Waals surface area contributed by atoms with E-state index in [0.717, 1.165) is 41.7 Å². The van der Waals surface area contributed by atoms with Crippen molar-refractivity contribution in [2.75, 3.05) is 19.7 Å². The van der Waals surface area contributed by atoms with E-state index in [1.807, 2.05) is 36.4 Å². The molecular weight excluding hydrogens is 601 g/mol. The van der Waals surface area contributed by atoms with Crippen LogP contribution in [-0.2, 0) is 30.7 Å². The number of halogens is 1. The molecule has 2 N–H and O–H groups in total. The standard InChI is InChI=1S/C38H38FNO7/c39-32-14-9-28(10-15-32)4-3-27-5-7-29(8-6-27)25-47-33-16-11-26(12-17-33)2-1-23-46-35-18-13-31(38(44)45)24-34(35)36(41)40-21-19-30(20-22-40)37(42)43/h5-18,24,30H,1-4,19-23,25H2,(H,42,43)(H,44,45). The zero-order valence-corrected chi connectivity index (χ0v) is 26.1. The van der Waals surface area contributed by atoms with Gasteiger partial charge in [0.25, 0.3) is 5.91 Å². The molecule has 4 aromatic carbocycles. The van der Waals surface area contributed by atoms with Crippen LogP contribution < -0.4 is 9.47 Å². The van der Waals surface area contributed by atoms with Crippen LogP contribution in [0.4, 0.5) is 4.39 Å². The van der Waals surface area contributed by atoms with E-state index in [2.05, 4.69) is 24.3 Å². The molecule has 1 fully saturated rings. The van der Waals surface area contributed by atoms with Gasteiger partial charge in [0.15, 0.2) is 0 Å². The van der Waals surface area contributed by atoms with Gasteiger partial charge in [0.1, 0.15) is 23.9 Å². The van der Waals surface area contributed by atoms with Gasteiger partial charge in [-0.15, -0.1) is 0 Å². The molecule has 0 bridgehead atoms. The number of hydrogen-bond acceptors (Lipinski definition) is 5. The van der Waals surface area contributed by atoms with Gasteiger partial charge in [0, 0.05) is 13.1 Å². The topological polar surface area (TPSA) is 113 Å². The zero-order valence-electron chi connectivity index (χ0n) is 26.1. The first-order valence-electron chi connectivity index (χ1n) is 15.8. The van der Waals surface area contributed by atoms with E-state index in [1.165, 1.54) is 35.9 Å². The molecule has 1 amide bonds. The molecule has 1 saturated heterocycles. The van der Waals surface area contributed by atoms with E-state index in [4.69, 9.17) is 9.47 Å². The van der Waals surface area contributed by atoms with E-state index in [-0.39, 0.29) is 22.9 Å². The van der Waals surface area contributed by atoms with Gasteiger partial charge in [0.05, 0.1) is 23.7 Å². The number of rotatable bonds is 14. The lowest BCUT2D eigenvalue weighted by Crippen LogP contribution is -2.40. The summed E-state index contributed by atoms with van der Waals surface area (Å²) >= 11 is 0. The summed E-state index contributed by atoms with van der Waals surface area (Å²) in [4.78, 5) is 37.7. The number of piperidine rings is 1. The summed E-state index contributed by atoms with van der Waals surface area (Å²) in [6.45, 7) is 1.35. The molecule has 0 atom stereocenters. The molecule has 1 aliphatic rings. The van der Waals surface area contributed by atoms with Crippen LogP contribution in [0.3, 0.4) is 0 Å². The lowest BCUT2D eigenvalue weighted by atomic mass is 9.96. The van der Waals surface area contributed by atoms with E-state index in [1.54, 1.807) is 4.90 Å². The van der Waals surface area contributed by atoms with Gasteiger partial charge in [-0.3, -0.25) is 9.59 Å². The Labute approximate surface area is 273 Å². The Morgan fingerprint density at radius 2 is 1.30 bits per heavy atom. The Kier molecular flexibility index (Phi) is 11.2. The second kappa shape index (κ2) is 15.9. The maximum absolute atomic E-state index is 13.3. The summed E-state index contributed by atoms with van der Waals surface area (Å²) in [5.41, 5.74) is 4.64. The highest BCUT2D eigenvalue weighted by molar-refractivity contribution is 6.00. The summed E-state index contributed by atoms with van der Waals surface area (Å²) in [7, 11) is 0. The number of hydrogen-bond donors (Lipinski definition) is 2. The minimum absolute atomic E-state index is 0.0149. The summed E-state index contributed by atoms with van der Waals surface area (Å²) in [5.74, 6) is -2.00. The molecular formula is C38H38FNO7. The first kappa shape index (κ1) is 33.2. The fourth-order valence-corrected chi connectivity index (χ4v) is 5.58. The highest BCUT2D eigenvalue weighted by Crippen LogP contribution is 2.26. The number of carbonyl (C=O) groups is 3. The molecule has 8 nitrogen and oxygen atoms in total. The van der Waals surface area contributed by atoms with Crippen molar-refractivity contribution in [2.45, 2.75) is 45.1 Å². The summed E-state index contributed by atoms with van der Waals surface area (Å²) < 4.78 is 25.0. The molecule has 47 heavy (non-hydrogen) atoms. The molecule has 0 aromatic heterocycles. The number of amides is 1.